The molecule has 2 N–H and O–H groups in total. The van der Waals surface area contributed by atoms with Crippen LogP contribution < -0.4 is 10.1 Å². The number of ether oxygens (including phenoxy) is 1. The lowest BCUT2D eigenvalue weighted by molar-refractivity contribution is -0.118. The standard InChI is InChI=1S/C10H10ClNO4/c1-6(13)5-16-9-4-7(12-10(14)15)2-3-8(9)11/h2-4,12H,5H2,1H3,(H,14,15). The Morgan fingerprint density at radius 3 is 2.75 bits per heavy atom. The van der Waals surface area contributed by atoms with Crippen molar-refractivity contribution < 1.29 is 19.4 Å². The third-order valence-corrected chi connectivity index (χ3v) is 1.93. The number of hydrogen-bond donors (Lipinski definition) is 2. The Balaban J connectivity index is 2.81. The second-order valence-electron chi connectivity index (χ2n) is 3.07. The lowest BCUT2D eigenvalue weighted by atomic mass is 10.3. The van der Waals surface area contributed by atoms with Gasteiger partial charge in [-0.3, -0.25) is 10.1 Å². The van der Waals surface area contributed by atoms with Crippen LogP contribution in [0.25, 0.3) is 0 Å². The van der Waals surface area contributed by atoms with Crippen LogP contribution in [0.15, 0.2) is 18.2 Å². The van der Waals surface area contributed by atoms with Crippen molar-refractivity contribution >= 4 is 29.2 Å². The number of amides is 1. The van der Waals surface area contributed by atoms with Gasteiger partial charge in [-0.2, -0.15) is 0 Å². The highest BCUT2D eigenvalue weighted by atomic mass is 35.5. The number of carbonyl (C=O) groups excluding carboxylic acids is 1. The van der Waals surface area contributed by atoms with Crippen molar-refractivity contribution in [2.24, 2.45) is 0 Å². The van der Waals surface area contributed by atoms with Gasteiger partial charge in [-0.15, -0.1) is 0 Å². The zero-order valence-corrected chi connectivity index (χ0v) is 9.25. The van der Waals surface area contributed by atoms with Crippen molar-refractivity contribution in [1.29, 1.82) is 0 Å². The van der Waals surface area contributed by atoms with E-state index in [1.165, 1.54) is 25.1 Å². The van der Waals surface area contributed by atoms with Crippen LogP contribution >= 0.6 is 11.6 Å². The minimum Gasteiger partial charge on any atom is -0.484 e. The van der Waals surface area contributed by atoms with E-state index in [0.717, 1.165) is 0 Å². The number of benzene rings is 1. The van der Waals surface area contributed by atoms with Gasteiger partial charge in [0.1, 0.15) is 12.4 Å². The predicted octanol–water partition coefficient (Wildman–Crippen LogP) is 2.40. The lowest BCUT2D eigenvalue weighted by Crippen LogP contribution is -2.09. The third kappa shape index (κ3) is 3.78. The molecule has 1 aromatic carbocycles. The van der Waals surface area contributed by atoms with Crippen molar-refractivity contribution in [3.63, 3.8) is 0 Å². The van der Waals surface area contributed by atoms with Gasteiger partial charge in [0, 0.05) is 11.8 Å². The number of anilines is 1. The Kier molecular flexibility index (Phi) is 4.13. The molecule has 0 saturated carbocycles. The number of ketones is 1. The molecule has 1 amide bonds. The number of carbonyl (C=O) groups is 2. The first-order valence-electron chi connectivity index (χ1n) is 4.41. The van der Waals surface area contributed by atoms with E-state index in [1.807, 2.05) is 0 Å². The van der Waals surface area contributed by atoms with E-state index in [4.69, 9.17) is 21.4 Å². The SMILES string of the molecule is CC(=O)COc1cc(NC(=O)O)ccc1Cl. The van der Waals surface area contributed by atoms with E-state index in [9.17, 15) is 9.59 Å². The van der Waals surface area contributed by atoms with Crippen LogP contribution in [0.3, 0.4) is 0 Å². The smallest absolute Gasteiger partial charge is 0.409 e. The molecule has 0 aliphatic heterocycles. The van der Waals surface area contributed by atoms with Crippen LogP contribution in [-0.2, 0) is 4.79 Å². The molecule has 0 aliphatic rings. The van der Waals surface area contributed by atoms with E-state index in [2.05, 4.69) is 5.32 Å². The van der Waals surface area contributed by atoms with Crippen LogP contribution in [-0.4, -0.2) is 23.6 Å². The maximum Gasteiger partial charge on any atom is 0.409 e. The molecule has 0 spiro atoms. The van der Waals surface area contributed by atoms with Gasteiger partial charge < -0.3 is 9.84 Å². The molecule has 1 aromatic rings. The molecule has 0 aliphatic carbocycles. The molecule has 6 heteroatoms. The lowest BCUT2D eigenvalue weighted by Gasteiger charge is -2.08. The maximum atomic E-state index is 10.7. The zero-order valence-electron chi connectivity index (χ0n) is 8.49. The Hall–Kier alpha value is -1.75. The van der Waals surface area contributed by atoms with Crippen molar-refractivity contribution in [2.75, 3.05) is 11.9 Å². The Labute approximate surface area is 97.0 Å². The zero-order chi connectivity index (χ0) is 12.1. The summed E-state index contributed by atoms with van der Waals surface area (Å²) in [5.41, 5.74) is 0.329. The van der Waals surface area contributed by atoms with E-state index in [-0.39, 0.29) is 18.1 Å². The third-order valence-electron chi connectivity index (χ3n) is 1.61. The molecule has 16 heavy (non-hydrogen) atoms. The van der Waals surface area contributed by atoms with Gasteiger partial charge >= 0.3 is 6.09 Å². The van der Waals surface area contributed by atoms with Crippen LogP contribution in [0.5, 0.6) is 5.75 Å². The molecule has 0 saturated heterocycles. The summed E-state index contributed by atoms with van der Waals surface area (Å²) in [5, 5.41) is 11.0. The van der Waals surface area contributed by atoms with Gasteiger partial charge in [-0.1, -0.05) is 11.6 Å². The summed E-state index contributed by atoms with van der Waals surface area (Å²) in [5.74, 6) is 0.121. The molecular weight excluding hydrogens is 234 g/mol. The molecule has 86 valence electrons. The van der Waals surface area contributed by atoms with Gasteiger partial charge in [0.05, 0.1) is 5.02 Å². The average Bonchev–Trinajstić information content (AvgIpc) is 2.18. The Morgan fingerprint density at radius 2 is 2.19 bits per heavy atom. The fourth-order valence-electron chi connectivity index (χ4n) is 0.995. The van der Waals surface area contributed by atoms with Crippen LogP contribution in [0.1, 0.15) is 6.92 Å². The summed E-state index contributed by atoms with van der Waals surface area (Å²) < 4.78 is 5.11. The summed E-state index contributed by atoms with van der Waals surface area (Å²) in [7, 11) is 0. The quantitative estimate of drug-likeness (QED) is 0.851. The van der Waals surface area contributed by atoms with Gasteiger partial charge in [-0.25, -0.2) is 4.79 Å². The predicted molar refractivity (Wildman–Crippen MR) is 59.3 cm³/mol. The normalized spacial score (nSPS) is 9.62. The first-order chi connectivity index (χ1) is 7.49. The topological polar surface area (TPSA) is 75.6 Å². The van der Waals surface area contributed by atoms with Gasteiger partial charge in [0.25, 0.3) is 0 Å². The second-order valence-corrected chi connectivity index (χ2v) is 3.47. The van der Waals surface area contributed by atoms with Crippen LogP contribution in [0, 0.1) is 0 Å². The molecule has 0 radical (unpaired) electrons. The highest BCUT2D eigenvalue weighted by Gasteiger charge is 2.06. The van der Waals surface area contributed by atoms with Crippen LogP contribution in [0.2, 0.25) is 5.02 Å². The van der Waals surface area contributed by atoms with Gasteiger partial charge in [0.2, 0.25) is 0 Å². The first kappa shape index (κ1) is 12.3. The number of Topliss-reactive ketones (excluding diaryl/α,β-unsaturated/α-hetero) is 1. The molecular formula is C10H10ClNO4. The summed E-state index contributed by atoms with van der Waals surface area (Å²) in [6, 6.07) is 4.40. The number of nitrogens with one attached hydrogen (secondary N) is 1. The Morgan fingerprint density at radius 1 is 1.50 bits per heavy atom. The molecule has 1 rings (SSSR count). The van der Waals surface area contributed by atoms with E-state index < -0.39 is 6.09 Å². The van der Waals surface area contributed by atoms with Crippen molar-refractivity contribution in [1.82, 2.24) is 0 Å². The summed E-state index contributed by atoms with van der Waals surface area (Å²) in [4.78, 5) is 21.1. The molecule has 0 unspecified atom stereocenters. The van der Waals surface area contributed by atoms with Crippen molar-refractivity contribution in [3.8, 4) is 5.75 Å². The minimum atomic E-state index is -1.18. The number of carboxylic acid groups (broad SMARTS) is 1. The summed E-state index contributed by atoms with van der Waals surface area (Å²) in [6.45, 7) is 1.28. The number of rotatable bonds is 4. The number of halogens is 1. The van der Waals surface area contributed by atoms with Gasteiger partial charge in [-0.05, 0) is 19.1 Å². The van der Waals surface area contributed by atoms with Crippen molar-refractivity contribution in [3.05, 3.63) is 23.2 Å². The fraction of sp³-hybridized carbons (Fsp3) is 0.200. The Bertz CT molecular complexity index is 419. The maximum absolute atomic E-state index is 10.7. The average molecular weight is 244 g/mol. The molecule has 0 heterocycles. The molecule has 0 bridgehead atoms. The monoisotopic (exact) mass is 243 g/mol. The largest absolute Gasteiger partial charge is 0.484 e. The van der Waals surface area contributed by atoms with E-state index in [1.54, 1.807) is 0 Å². The second kappa shape index (κ2) is 5.37. The molecule has 0 aromatic heterocycles. The minimum absolute atomic E-state index is 0.101. The fourth-order valence-corrected chi connectivity index (χ4v) is 1.17. The molecule has 0 fully saturated rings. The van der Waals surface area contributed by atoms with E-state index >= 15 is 0 Å². The summed E-state index contributed by atoms with van der Waals surface area (Å²) >= 11 is 5.80. The summed E-state index contributed by atoms with van der Waals surface area (Å²) in [6.07, 6.45) is -1.18. The molecule has 5 nitrogen and oxygen atoms in total. The van der Waals surface area contributed by atoms with E-state index in [0.29, 0.717) is 10.7 Å². The first-order valence-corrected chi connectivity index (χ1v) is 4.78. The molecule has 0 atom stereocenters. The van der Waals surface area contributed by atoms with Crippen molar-refractivity contribution in [2.45, 2.75) is 6.92 Å². The number of hydrogen-bond acceptors (Lipinski definition) is 3. The highest BCUT2D eigenvalue weighted by Crippen LogP contribution is 2.27. The van der Waals surface area contributed by atoms with Gasteiger partial charge in [0.15, 0.2) is 5.78 Å². The van der Waals surface area contributed by atoms with Crippen LogP contribution in [0.4, 0.5) is 10.5 Å². The highest BCUT2D eigenvalue weighted by molar-refractivity contribution is 6.32.